The van der Waals surface area contributed by atoms with E-state index >= 15 is 0 Å². The average Bonchev–Trinajstić information content (AvgIpc) is 3.58. The molecule has 1 saturated heterocycles. The molecule has 1 aromatic carbocycles. The standard InChI is InChI=1S/C27H30F3N7O5SSi/c1-27(2,3)44(4,5)42-17-13-35(14-17)26-33-23(32-25(38)19-10-11-20(43-19)37(39)40)18-12-31-36(24(18)34-26)15-6-8-16(9-7-15)41-22(30)21(28)29/h6-12,17,21-22H,13-14H2,1-5H3,(H,32,33,34,38). The van der Waals surface area contributed by atoms with Crippen LogP contribution in [-0.4, -0.2) is 70.9 Å². The van der Waals surface area contributed by atoms with Crippen LogP contribution in [0.15, 0.2) is 42.6 Å². The van der Waals surface area contributed by atoms with Gasteiger partial charge in [0.1, 0.15) is 11.6 Å². The van der Waals surface area contributed by atoms with Gasteiger partial charge in [-0.3, -0.25) is 14.9 Å². The molecule has 1 unspecified atom stereocenters. The highest BCUT2D eigenvalue weighted by atomic mass is 32.1. The molecule has 4 aromatic rings. The quantitative estimate of drug-likeness (QED) is 0.121. The van der Waals surface area contributed by atoms with E-state index in [2.05, 4.69) is 54.0 Å². The number of carbonyl (C=O) groups excluding carboxylic acids is 1. The maximum Gasteiger partial charge on any atom is 0.324 e. The molecule has 0 bridgehead atoms. The van der Waals surface area contributed by atoms with Crippen LogP contribution in [0, 0.1) is 10.1 Å². The van der Waals surface area contributed by atoms with Gasteiger partial charge in [0.15, 0.2) is 14.0 Å². The Morgan fingerprint density at radius 1 is 1.14 bits per heavy atom. The number of carbonyl (C=O) groups is 1. The maximum atomic E-state index is 13.4. The van der Waals surface area contributed by atoms with Crippen LogP contribution in [0.3, 0.4) is 0 Å². The summed E-state index contributed by atoms with van der Waals surface area (Å²) in [5.74, 6) is -0.243. The van der Waals surface area contributed by atoms with Crippen LogP contribution in [0.1, 0.15) is 30.4 Å². The molecule has 0 radical (unpaired) electrons. The first-order valence-electron chi connectivity index (χ1n) is 13.6. The zero-order valence-electron chi connectivity index (χ0n) is 24.5. The Morgan fingerprint density at radius 3 is 2.41 bits per heavy atom. The zero-order chi connectivity index (χ0) is 32.0. The lowest BCUT2D eigenvalue weighted by atomic mass is 10.2. The maximum absolute atomic E-state index is 13.4. The topological polar surface area (TPSA) is 138 Å². The van der Waals surface area contributed by atoms with Gasteiger partial charge in [0.05, 0.1) is 33.2 Å². The molecule has 1 aliphatic heterocycles. The van der Waals surface area contributed by atoms with Crippen molar-refractivity contribution in [3.8, 4) is 11.4 Å². The number of nitrogens with one attached hydrogen (secondary N) is 1. The van der Waals surface area contributed by atoms with Gasteiger partial charge < -0.3 is 19.4 Å². The van der Waals surface area contributed by atoms with E-state index in [9.17, 15) is 28.1 Å². The number of benzene rings is 1. The van der Waals surface area contributed by atoms with E-state index in [4.69, 9.17) is 9.41 Å². The number of thiophene rings is 1. The summed E-state index contributed by atoms with van der Waals surface area (Å²) >= 11 is 0.733. The SMILES string of the molecule is CC(C)(C)[Si](C)(C)OC1CN(c2nc(NC(=O)c3ccc([N+](=O)[O-])s3)c3cnn(-c4ccc(OC(F)C(F)F)cc4)c3n2)C1. The number of rotatable bonds is 10. The number of halogens is 3. The lowest BCUT2D eigenvalue weighted by Gasteiger charge is -2.46. The van der Waals surface area contributed by atoms with Crippen molar-refractivity contribution in [2.24, 2.45) is 0 Å². The van der Waals surface area contributed by atoms with Crippen LogP contribution < -0.4 is 15.0 Å². The van der Waals surface area contributed by atoms with Crippen molar-refractivity contribution in [3.63, 3.8) is 0 Å². The smallest absolute Gasteiger partial charge is 0.324 e. The second kappa shape index (κ2) is 11.8. The first kappa shape index (κ1) is 31.3. The number of nitrogens with zero attached hydrogens (tertiary/aromatic N) is 6. The van der Waals surface area contributed by atoms with Crippen LogP contribution in [0.4, 0.5) is 29.9 Å². The van der Waals surface area contributed by atoms with Crippen molar-refractivity contribution in [1.82, 2.24) is 19.7 Å². The lowest BCUT2D eigenvalue weighted by molar-refractivity contribution is -0.380. The first-order valence-corrected chi connectivity index (χ1v) is 17.3. The first-order chi connectivity index (χ1) is 20.6. The molecule has 17 heteroatoms. The predicted molar refractivity (Wildman–Crippen MR) is 161 cm³/mol. The molecule has 1 amide bonds. The third-order valence-corrected chi connectivity index (χ3v) is 13.1. The third-order valence-electron chi connectivity index (χ3n) is 7.57. The number of anilines is 2. The summed E-state index contributed by atoms with van der Waals surface area (Å²) in [4.78, 5) is 35.0. The van der Waals surface area contributed by atoms with Crippen molar-refractivity contribution in [2.45, 2.75) is 57.8 Å². The van der Waals surface area contributed by atoms with Gasteiger partial charge >= 0.3 is 11.4 Å². The van der Waals surface area contributed by atoms with E-state index in [0.29, 0.717) is 35.8 Å². The van der Waals surface area contributed by atoms with Crippen LogP contribution in [-0.2, 0) is 4.43 Å². The molecule has 3 aromatic heterocycles. The van der Waals surface area contributed by atoms with Gasteiger partial charge in [0, 0.05) is 19.2 Å². The molecular formula is C27H30F3N7O5SSi. The Morgan fingerprint density at radius 2 is 1.82 bits per heavy atom. The number of aromatic nitrogens is 4. The molecule has 1 aliphatic rings. The Hall–Kier alpha value is -4.09. The third kappa shape index (κ3) is 6.39. The fourth-order valence-electron chi connectivity index (χ4n) is 4.16. The van der Waals surface area contributed by atoms with E-state index in [1.54, 1.807) is 0 Å². The number of hydrogen-bond acceptors (Lipinski definition) is 10. The van der Waals surface area contributed by atoms with Crippen LogP contribution in [0.25, 0.3) is 16.7 Å². The van der Waals surface area contributed by atoms with Crippen LogP contribution >= 0.6 is 11.3 Å². The Labute approximate surface area is 255 Å². The van der Waals surface area contributed by atoms with E-state index < -0.39 is 31.9 Å². The summed E-state index contributed by atoms with van der Waals surface area (Å²) in [6, 6.07) is 8.25. The number of ether oxygens (including phenoxy) is 1. The lowest BCUT2D eigenvalue weighted by Crippen LogP contribution is -2.58. The summed E-state index contributed by atoms with van der Waals surface area (Å²) < 4.78 is 51.1. The predicted octanol–water partition coefficient (Wildman–Crippen LogP) is 6.19. The molecule has 1 fully saturated rings. The van der Waals surface area contributed by atoms with Crippen molar-refractivity contribution in [1.29, 1.82) is 0 Å². The van der Waals surface area contributed by atoms with Gasteiger partial charge in [-0.05, 0) is 48.5 Å². The highest BCUT2D eigenvalue weighted by molar-refractivity contribution is 7.17. The van der Waals surface area contributed by atoms with E-state index in [1.165, 1.54) is 47.3 Å². The minimum atomic E-state index is -3.29. The fraction of sp³-hybridized carbons (Fsp3) is 0.407. The number of nitro groups is 1. The fourth-order valence-corrected chi connectivity index (χ4v) is 6.21. The van der Waals surface area contributed by atoms with E-state index in [-0.39, 0.29) is 32.6 Å². The van der Waals surface area contributed by atoms with Crippen molar-refractivity contribution >= 4 is 53.4 Å². The number of fused-ring (bicyclic) bond motifs is 1. The molecule has 4 heterocycles. The van der Waals surface area contributed by atoms with Crippen LogP contribution in [0.2, 0.25) is 18.1 Å². The van der Waals surface area contributed by atoms with E-state index in [0.717, 1.165) is 11.3 Å². The highest BCUT2D eigenvalue weighted by Gasteiger charge is 2.42. The van der Waals surface area contributed by atoms with Gasteiger partial charge in [-0.2, -0.15) is 19.5 Å². The number of hydrogen-bond donors (Lipinski definition) is 1. The summed E-state index contributed by atoms with van der Waals surface area (Å²) in [6.45, 7) is 11.9. The largest absolute Gasteiger partial charge is 0.454 e. The van der Waals surface area contributed by atoms with Crippen LogP contribution in [0.5, 0.6) is 5.75 Å². The van der Waals surface area contributed by atoms with Gasteiger partial charge in [0.2, 0.25) is 5.95 Å². The Bertz CT molecular complexity index is 1690. The number of amides is 1. The zero-order valence-corrected chi connectivity index (χ0v) is 26.3. The molecule has 0 aliphatic carbocycles. The van der Waals surface area contributed by atoms with Gasteiger partial charge in [-0.1, -0.05) is 32.1 Å². The van der Waals surface area contributed by atoms with Crippen molar-refractivity contribution in [2.75, 3.05) is 23.3 Å². The molecule has 1 N–H and O–H groups in total. The Kier molecular flexibility index (Phi) is 8.39. The summed E-state index contributed by atoms with van der Waals surface area (Å²) in [5.41, 5.74) is 0.777. The van der Waals surface area contributed by atoms with Gasteiger partial charge in [-0.15, -0.1) is 0 Å². The highest BCUT2D eigenvalue weighted by Crippen LogP contribution is 2.39. The normalized spacial score (nSPS) is 15.0. The molecular weight excluding hydrogens is 619 g/mol. The van der Waals surface area contributed by atoms with Crippen molar-refractivity contribution < 1.29 is 32.1 Å². The molecule has 44 heavy (non-hydrogen) atoms. The molecule has 0 saturated carbocycles. The summed E-state index contributed by atoms with van der Waals surface area (Å²) in [5, 5.41) is 18.5. The molecule has 1 atom stereocenters. The summed E-state index contributed by atoms with van der Waals surface area (Å²) in [6.07, 6.45) is -4.63. The Balaban J connectivity index is 1.46. The average molecular weight is 650 g/mol. The number of alkyl halides is 3. The van der Waals surface area contributed by atoms with Gasteiger partial charge in [-0.25, -0.2) is 13.5 Å². The summed E-state index contributed by atoms with van der Waals surface area (Å²) in [7, 11) is -2.01. The molecule has 12 nitrogen and oxygen atoms in total. The van der Waals surface area contributed by atoms with Gasteiger partial charge in [0.25, 0.3) is 12.3 Å². The molecule has 5 rings (SSSR count). The van der Waals surface area contributed by atoms with Crippen molar-refractivity contribution in [3.05, 3.63) is 57.6 Å². The molecule has 0 spiro atoms. The second-order valence-electron chi connectivity index (χ2n) is 11.7. The minimum absolute atomic E-state index is 0.0232. The van der Waals surface area contributed by atoms with E-state index in [1.807, 2.05) is 4.90 Å². The minimum Gasteiger partial charge on any atom is -0.454 e. The monoisotopic (exact) mass is 649 g/mol. The molecule has 234 valence electrons. The second-order valence-corrected chi connectivity index (χ2v) is 17.5.